The predicted octanol–water partition coefficient (Wildman–Crippen LogP) is 4.24. The van der Waals surface area contributed by atoms with E-state index in [4.69, 9.17) is 4.74 Å². The molecule has 1 aromatic rings. The third-order valence-electron chi connectivity index (χ3n) is 4.00. The molecule has 1 aromatic heterocycles. The standard InChI is InChI=1S/C15H24BrNOS/c1-11-15(6-7-18-11,10-17-14(2,3)4)9-13-12(16)5-8-19-13/h5,8,11,17H,6-7,9-10H2,1-4H3. The van der Waals surface area contributed by atoms with E-state index in [0.29, 0.717) is 6.10 Å². The molecule has 2 nitrogen and oxygen atoms in total. The van der Waals surface area contributed by atoms with Crippen LogP contribution in [0.4, 0.5) is 0 Å². The van der Waals surface area contributed by atoms with E-state index in [9.17, 15) is 0 Å². The van der Waals surface area contributed by atoms with E-state index in [1.807, 2.05) is 11.3 Å². The third-order valence-corrected chi connectivity index (χ3v) is 5.93. The number of thiophene rings is 1. The average Bonchev–Trinajstić information content (AvgIpc) is 2.85. The molecule has 0 bridgehead atoms. The van der Waals surface area contributed by atoms with Gasteiger partial charge in [0.1, 0.15) is 0 Å². The van der Waals surface area contributed by atoms with Gasteiger partial charge in [-0.3, -0.25) is 0 Å². The van der Waals surface area contributed by atoms with Crippen molar-refractivity contribution in [2.45, 2.75) is 52.2 Å². The monoisotopic (exact) mass is 345 g/mol. The Balaban J connectivity index is 2.14. The van der Waals surface area contributed by atoms with Crippen molar-refractivity contribution in [3.63, 3.8) is 0 Å². The van der Waals surface area contributed by atoms with Crippen molar-refractivity contribution in [1.82, 2.24) is 5.32 Å². The molecule has 0 spiro atoms. The van der Waals surface area contributed by atoms with Crippen molar-refractivity contribution in [2.24, 2.45) is 5.41 Å². The second-order valence-corrected chi connectivity index (χ2v) is 8.45. The van der Waals surface area contributed by atoms with Gasteiger partial charge in [-0.1, -0.05) is 0 Å². The van der Waals surface area contributed by atoms with Crippen LogP contribution < -0.4 is 5.32 Å². The SMILES string of the molecule is CC1OCCC1(CNC(C)(C)C)Cc1sccc1Br. The second-order valence-electron chi connectivity index (χ2n) is 6.60. The maximum atomic E-state index is 5.87. The molecule has 2 rings (SSSR count). The van der Waals surface area contributed by atoms with E-state index in [2.05, 4.69) is 60.4 Å². The summed E-state index contributed by atoms with van der Waals surface area (Å²) in [6.45, 7) is 10.8. The van der Waals surface area contributed by atoms with Gasteiger partial charge in [-0.25, -0.2) is 0 Å². The zero-order valence-corrected chi connectivity index (χ0v) is 14.7. The molecule has 108 valence electrons. The molecule has 1 saturated heterocycles. The Morgan fingerprint density at radius 2 is 2.26 bits per heavy atom. The van der Waals surface area contributed by atoms with Crippen LogP contribution in [0, 0.1) is 5.41 Å². The fourth-order valence-corrected chi connectivity index (χ4v) is 4.21. The lowest BCUT2D eigenvalue weighted by molar-refractivity contribution is 0.0601. The Labute approximate surface area is 129 Å². The highest BCUT2D eigenvalue weighted by Crippen LogP contribution is 2.40. The predicted molar refractivity (Wildman–Crippen MR) is 85.9 cm³/mol. The van der Waals surface area contributed by atoms with Crippen LogP contribution in [0.25, 0.3) is 0 Å². The fraction of sp³-hybridized carbons (Fsp3) is 0.733. The van der Waals surface area contributed by atoms with Gasteiger partial charge in [-0.15, -0.1) is 11.3 Å². The minimum Gasteiger partial charge on any atom is -0.378 e. The first-order valence-electron chi connectivity index (χ1n) is 6.91. The highest BCUT2D eigenvalue weighted by atomic mass is 79.9. The summed E-state index contributed by atoms with van der Waals surface area (Å²) in [4.78, 5) is 1.44. The van der Waals surface area contributed by atoms with Crippen LogP contribution in [0.3, 0.4) is 0 Å². The Morgan fingerprint density at radius 3 is 2.74 bits per heavy atom. The van der Waals surface area contributed by atoms with Crippen molar-refractivity contribution in [2.75, 3.05) is 13.2 Å². The average molecular weight is 346 g/mol. The van der Waals surface area contributed by atoms with Crippen LogP contribution in [0.1, 0.15) is 39.0 Å². The van der Waals surface area contributed by atoms with Crippen LogP contribution in [0.15, 0.2) is 15.9 Å². The van der Waals surface area contributed by atoms with Gasteiger partial charge in [-0.2, -0.15) is 0 Å². The van der Waals surface area contributed by atoms with E-state index < -0.39 is 0 Å². The molecular formula is C15H24BrNOS. The number of hydrogen-bond donors (Lipinski definition) is 1. The molecule has 1 N–H and O–H groups in total. The smallest absolute Gasteiger partial charge is 0.0619 e. The Hall–Kier alpha value is 0.100. The van der Waals surface area contributed by atoms with Crippen LogP contribution >= 0.6 is 27.3 Å². The molecule has 1 aliphatic heterocycles. The zero-order chi connectivity index (χ0) is 14.1. The summed E-state index contributed by atoms with van der Waals surface area (Å²) in [6, 6.07) is 2.14. The number of hydrogen-bond acceptors (Lipinski definition) is 3. The molecule has 1 aliphatic rings. The van der Waals surface area contributed by atoms with E-state index in [0.717, 1.165) is 26.0 Å². The van der Waals surface area contributed by atoms with Crippen molar-refractivity contribution >= 4 is 27.3 Å². The second kappa shape index (κ2) is 5.84. The number of rotatable bonds is 4. The molecule has 0 amide bonds. The van der Waals surface area contributed by atoms with Crippen molar-refractivity contribution in [3.05, 3.63) is 20.8 Å². The lowest BCUT2D eigenvalue weighted by Gasteiger charge is -2.35. The number of nitrogens with one attached hydrogen (secondary N) is 1. The van der Waals surface area contributed by atoms with Gasteiger partial charge in [0.05, 0.1) is 6.10 Å². The molecule has 0 aliphatic carbocycles. The first-order valence-corrected chi connectivity index (χ1v) is 8.58. The molecular weight excluding hydrogens is 322 g/mol. The van der Waals surface area contributed by atoms with Gasteiger partial charge in [0, 0.05) is 33.5 Å². The fourth-order valence-electron chi connectivity index (χ4n) is 2.56. The maximum Gasteiger partial charge on any atom is 0.0619 e. The molecule has 0 saturated carbocycles. The van der Waals surface area contributed by atoms with Gasteiger partial charge in [0.15, 0.2) is 0 Å². The van der Waals surface area contributed by atoms with Crippen LogP contribution in [-0.4, -0.2) is 24.8 Å². The van der Waals surface area contributed by atoms with E-state index >= 15 is 0 Å². The highest BCUT2D eigenvalue weighted by Gasteiger charge is 2.42. The van der Waals surface area contributed by atoms with Crippen molar-refractivity contribution in [3.8, 4) is 0 Å². The molecule has 2 unspecified atom stereocenters. The van der Waals surface area contributed by atoms with Gasteiger partial charge >= 0.3 is 0 Å². The summed E-state index contributed by atoms with van der Waals surface area (Å²) in [5, 5.41) is 5.83. The van der Waals surface area contributed by atoms with E-state index in [1.54, 1.807) is 0 Å². The van der Waals surface area contributed by atoms with Gasteiger partial charge in [-0.05, 0) is 67.9 Å². The molecule has 1 fully saturated rings. The van der Waals surface area contributed by atoms with Crippen molar-refractivity contribution < 1.29 is 4.74 Å². The first-order chi connectivity index (χ1) is 8.82. The zero-order valence-electron chi connectivity index (χ0n) is 12.3. The minimum absolute atomic E-state index is 0.155. The Morgan fingerprint density at radius 1 is 1.53 bits per heavy atom. The molecule has 0 aromatic carbocycles. The maximum absolute atomic E-state index is 5.87. The summed E-state index contributed by atoms with van der Waals surface area (Å²) in [5.74, 6) is 0. The van der Waals surface area contributed by atoms with E-state index in [1.165, 1.54) is 9.35 Å². The summed E-state index contributed by atoms with van der Waals surface area (Å²) in [6.07, 6.45) is 2.55. The molecule has 19 heavy (non-hydrogen) atoms. The molecule has 4 heteroatoms. The molecule has 0 radical (unpaired) electrons. The summed E-state index contributed by atoms with van der Waals surface area (Å²) >= 11 is 5.50. The lowest BCUT2D eigenvalue weighted by atomic mass is 9.77. The van der Waals surface area contributed by atoms with Gasteiger partial charge in [0.25, 0.3) is 0 Å². The normalized spacial score (nSPS) is 27.9. The van der Waals surface area contributed by atoms with Crippen LogP contribution in [0.5, 0.6) is 0 Å². The van der Waals surface area contributed by atoms with E-state index in [-0.39, 0.29) is 11.0 Å². The summed E-state index contributed by atoms with van der Waals surface area (Å²) < 4.78 is 7.11. The Bertz CT molecular complexity index is 426. The number of halogens is 1. The molecule has 2 atom stereocenters. The number of ether oxygens (including phenoxy) is 1. The first kappa shape index (κ1) is 15.5. The van der Waals surface area contributed by atoms with Crippen LogP contribution in [-0.2, 0) is 11.2 Å². The lowest BCUT2D eigenvalue weighted by Crippen LogP contribution is -2.47. The van der Waals surface area contributed by atoms with Gasteiger partial charge in [0.2, 0.25) is 0 Å². The topological polar surface area (TPSA) is 21.3 Å². The third kappa shape index (κ3) is 3.81. The summed E-state index contributed by atoms with van der Waals surface area (Å²) in [7, 11) is 0. The quantitative estimate of drug-likeness (QED) is 0.881. The molecule has 2 heterocycles. The Kier molecular flexibility index (Phi) is 4.76. The van der Waals surface area contributed by atoms with Crippen LogP contribution in [0.2, 0.25) is 0 Å². The minimum atomic E-state index is 0.155. The largest absolute Gasteiger partial charge is 0.378 e. The van der Waals surface area contributed by atoms with Crippen molar-refractivity contribution in [1.29, 1.82) is 0 Å². The summed E-state index contributed by atoms with van der Waals surface area (Å²) in [5.41, 5.74) is 0.378. The van der Waals surface area contributed by atoms with Gasteiger partial charge < -0.3 is 10.1 Å². The highest BCUT2D eigenvalue weighted by molar-refractivity contribution is 9.10.